The Kier molecular flexibility index (Phi) is 2.86. The van der Waals surface area contributed by atoms with Gasteiger partial charge in [-0.05, 0) is 31.2 Å². The van der Waals surface area contributed by atoms with Crippen LogP contribution in [-0.4, -0.2) is 38.4 Å². The largest absolute Gasteiger partial charge is 0.495 e. The van der Waals surface area contributed by atoms with Crippen molar-refractivity contribution >= 4 is 11.8 Å². The molecule has 2 aliphatic heterocycles. The van der Waals surface area contributed by atoms with Crippen molar-refractivity contribution in [3.63, 3.8) is 0 Å². The van der Waals surface area contributed by atoms with Crippen LogP contribution in [0.3, 0.4) is 0 Å². The molecule has 2 aliphatic rings. The lowest BCUT2D eigenvalue weighted by molar-refractivity contribution is 0.0733. The Bertz CT molecular complexity index is 509. The number of rotatable bonds is 2. The highest BCUT2D eigenvalue weighted by Gasteiger charge is 2.48. The number of hydrogen-bond donors (Lipinski definition) is 1. The summed E-state index contributed by atoms with van der Waals surface area (Å²) in [6.45, 7) is 4.20. The second kappa shape index (κ2) is 4.42. The van der Waals surface area contributed by atoms with Crippen LogP contribution in [0, 0.1) is 6.92 Å². The zero-order valence-corrected chi connectivity index (χ0v) is 11.2. The Morgan fingerprint density at radius 2 is 2.32 bits per heavy atom. The fourth-order valence-electron chi connectivity index (χ4n) is 2.76. The second-order valence-electron chi connectivity index (χ2n) is 5.24. The molecule has 2 fully saturated rings. The van der Waals surface area contributed by atoms with Gasteiger partial charge in [0.25, 0.3) is 0 Å². The maximum Gasteiger partial charge on any atom is 0.415 e. The monoisotopic (exact) mass is 262 g/mol. The number of amides is 1. The molecule has 1 aromatic rings. The van der Waals surface area contributed by atoms with E-state index in [1.807, 2.05) is 25.1 Å². The van der Waals surface area contributed by atoms with Gasteiger partial charge in [-0.3, -0.25) is 4.90 Å². The van der Waals surface area contributed by atoms with Crippen molar-refractivity contribution in [1.82, 2.24) is 5.32 Å². The van der Waals surface area contributed by atoms with E-state index in [4.69, 9.17) is 9.47 Å². The minimum Gasteiger partial charge on any atom is -0.495 e. The number of aryl methyl sites for hydroxylation is 1. The highest BCUT2D eigenvalue weighted by Crippen LogP contribution is 2.37. The minimum atomic E-state index is -0.369. The van der Waals surface area contributed by atoms with Crippen molar-refractivity contribution in [1.29, 1.82) is 0 Å². The minimum absolute atomic E-state index is 0.285. The van der Waals surface area contributed by atoms with Crippen LogP contribution in [0.25, 0.3) is 0 Å². The molecule has 5 nitrogen and oxygen atoms in total. The van der Waals surface area contributed by atoms with Gasteiger partial charge < -0.3 is 14.8 Å². The normalized spacial score (nSPS) is 26.0. The fraction of sp³-hybridized carbons (Fsp3) is 0.500. The Morgan fingerprint density at radius 1 is 1.47 bits per heavy atom. The highest BCUT2D eigenvalue weighted by atomic mass is 16.6. The van der Waals surface area contributed by atoms with E-state index in [1.54, 1.807) is 12.0 Å². The molecular formula is C14H18N2O3. The Morgan fingerprint density at radius 3 is 3.00 bits per heavy atom. The van der Waals surface area contributed by atoms with E-state index in [1.165, 1.54) is 0 Å². The molecule has 1 N–H and O–H groups in total. The third kappa shape index (κ3) is 2.04. The van der Waals surface area contributed by atoms with Crippen molar-refractivity contribution in [2.75, 3.05) is 31.6 Å². The van der Waals surface area contributed by atoms with Gasteiger partial charge in [0.2, 0.25) is 0 Å². The molecule has 2 saturated heterocycles. The van der Waals surface area contributed by atoms with Crippen molar-refractivity contribution in [2.24, 2.45) is 0 Å². The van der Waals surface area contributed by atoms with Crippen LogP contribution < -0.4 is 15.0 Å². The lowest BCUT2D eigenvalue weighted by Crippen LogP contribution is -2.36. The van der Waals surface area contributed by atoms with Crippen LogP contribution in [0.15, 0.2) is 18.2 Å². The smallest absolute Gasteiger partial charge is 0.415 e. The van der Waals surface area contributed by atoms with Crippen molar-refractivity contribution in [3.05, 3.63) is 23.8 Å². The SMILES string of the molecule is COc1ccc(C)cc1N1CC2(CCNC2)OC1=O. The first-order valence-electron chi connectivity index (χ1n) is 6.49. The van der Waals surface area contributed by atoms with Crippen LogP contribution in [-0.2, 0) is 4.74 Å². The van der Waals surface area contributed by atoms with Gasteiger partial charge in [0.05, 0.1) is 19.3 Å². The number of methoxy groups -OCH3 is 1. The van der Waals surface area contributed by atoms with Crippen LogP contribution in [0.5, 0.6) is 5.75 Å². The van der Waals surface area contributed by atoms with Crippen LogP contribution in [0.4, 0.5) is 10.5 Å². The molecular weight excluding hydrogens is 244 g/mol. The first-order valence-corrected chi connectivity index (χ1v) is 6.49. The van der Waals surface area contributed by atoms with E-state index in [0.717, 1.165) is 30.8 Å². The lowest BCUT2D eigenvalue weighted by atomic mass is 10.0. The number of hydrogen-bond acceptors (Lipinski definition) is 4. The summed E-state index contributed by atoms with van der Waals surface area (Å²) < 4.78 is 10.9. The van der Waals surface area contributed by atoms with E-state index in [9.17, 15) is 4.79 Å². The Balaban J connectivity index is 1.94. The van der Waals surface area contributed by atoms with E-state index in [0.29, 0.717) is 12.3 Å². The summed E-state index contributed by atoms with van der Waals surface area (Å²) in [5, 5.41) is 3.25. The van der Waals surface area contributed by atoms with E-state index < -0.39 is 0 Å². The summed E-state index contributed by atoms with van der Waals surface area (Å²) in [6, 6.07) is 5.81. The topological polar surface area (TPSA) is 50.8 Å². The molecule has 1 amide bonds. The highest BCUT2D eigenvalue weighted by molar-refractivity contribution is 5.92. The predicted molar refractivity (Wildman–Crippen MR) is 71.8 cm³/mol. The third-order valence-corrected chi connectivity index (χ3v) is 3.80. The Hall–Kier alpha value is -1.75. The molecule has 102 valence electrons. The number of ether oxygens (including phenoxy) is 2. The van der Waals surface area contributed by atoms with Gasteiger partial charge in [0.1, 0.15) is 11.4 Å². The molecule has 1 atom stereocenters. The number of benzene rings is 1. The predicted octanol–water partition coefficient (Wildman–Crippen LogP) is 1.69. The quantitative estimate of drug-likeness (QED) is 0.881. The third-order valence-electron chi connectivity index (χ3n) is 3.80. The fourth-order valence-corrected chi connectivity index (χ4v) is 2.76. The van der Waals surface area contributed by atoms with Gasteiger partial charge in [-0.15, -0.1) is 0 Å². The van der Waals surface area contributed by atoms with Gasteiger partial charge in [-0.25, -0.2) is 4.79 Å². The summed E-state index contributed by atoms with van der Waals surface area (Å²) in [6.07, 6.45) is 0.580. The van der Waals surface area contributed by atoms with Gasteiger partial charge >= 0.3 is 6.09 Å². The average Bonchev–Trinajstić information content (AvgIpc) is 2.97. The standard InChI is InChI=1S/C14H18N2O3/c1-10-3-4-12(18-2)11(7-10)16-9-14(19-13(16)17)5-6-15-8-14/h3-4,7,15H,5-6,8-9H2,1-2H3. The van der Waals surface area contributed by atoms with Crippen molar-refractivity contribution < 1.29 is 14.3 Å². The lowest BCUT2D eigenvalue weighted by Gasteiger charge is -2.20. The van der Waals surface area contributed by atoms with Gasteiger partial charge in [-0.1, -0.05) is 6.07 Å². The van der Waals surface area contributed by atoms with Crippen molar-refractivity contribution in [3.8, 4) is 5.75 Å². The molecule has 2 heterocycles. The molecule has 1 unspecified atom stereocenters. The number of nitrogens with one attached hydrogen (secondary N) is 1. The maximum absolute atomic E-state index is 12.1. The van der Waals surface area contributed by atoms with Gasteiger partial charge in [0, 0.05) is 13.0 Å². The number of carbonyl (C=O) groups is 1. The number of nitrogens with zero attached hydrogens (tertiary/aromatic N) is 1. The van der Waals surface area contributed by atoms with Crippen LogP contribution >= 0.6 is 0 Å². The second-order valence-corrected chi connectivity index (χ2v) is 5.24. The molecule has 0 aliphatic carbocycles. The number of anilines is 1. The van der Waals surface area contributed by atoms with Crippen LogP contribution in [0.2, 0.25) is 0 Å². The van der Waals surface area contributed by atoms with E-state index in [2.05, 4.69) is 5.32 Å². The molecule has 0 radical (unpaired) electrons. The Labute approximate surface area is 112 Å². The van der Waals surface area contributed by atoms with E-state index in [-0.39, 0.29) is 11.7 Å². The van der Waals surface area contributed by atoms with Crippen molar-refractivity contribution in [2.45, 2.75) is 18.9 Å². The zero-order chi connectivity index (χ0) is 13.5. The summed E-state index contributed by atoms with van der Waals surface area (Å²) in [5.74, 6) is 0.700. The molecule has 5 heteroatoms. The average molecular weight is 262 g/mol. The molecule has 0 aromatic heterocycles. The van der Waals surface area contributed by atoms with Crippen LogP contribution in [0.1, 0.15) is 12.0 Å². The molecule has 1 spiro atoms. The first kappa shape index (κ1) is 12.3. The zero-order valence-electron chi connectivity index (χ0n) is 11.2. The summed E-state index contributed by atoms with van der Waals surface area (Å²) >= 11 is 0. The molecule has 19 heavy (non-hydrogen) atoms. The summed E-state index contributed by atoms with van der Waals surface area (Å²) in [5.41, 5.74) is 1.51. The first-order chi connectivity index (χ1) is 9.13. The summed E-state index contributed by atoms with van der Waals surface area (Å²) in [4.78, 5) is 13.8. The summed E-state index contributed by atoms with van der Waals surface area (Å²) in [7, 11) is 1.61. The maximum atomic E-state index is 12.1. The van der Waals surface area contributed by atoms with Gasteiger partial charge in [0.15, 0.2) is 0 Å². The molecule has 1 aromatic carbocycles. The molecule has 3 rings (SSSR count). The molecule has 0 saturated carbocycles. The van der Waals surface area contributed by atoms with Gasteiger partial charge in [-0.2, -0.15) is 0 Å². The number of carbonyl (C=O) groups excluding carboxylic acids is 1. The molecule has 0 bridgehead atoms. The van der Waals surface area contributed by atoms with E-state index >= 15 is 0 Å².